The third-order valence-electron chi connectivity index (χ3n) is 4.33. The van der Waals surface area contributed by atoms with Crippen molar-refractivity contribution in [3.63, 3.8) is 0 Å². The maximum absolute atomic E-state index is 12.2. The first-order chi connectivity index (χ1) is 12.3. The summed E-state index contributed by atoms with van der Waals surface area (Å²) >= 11 is 0. The summed E-state index contributed by atoms with van der Waals surface area (Å²) in [6.07, 6.45) is 3.63. The van der Waals surface area contributed by atoms with Crippen LogP contribution in [-0.2, 0) is 0 Å². The molecule has 0 fully saturated rings. The fraction of sp³-hybridized carbons (Fsp3) is 0.105. The molecule has 1 aromatic heterocycles. The van der Waals surface area contributed by atoms with Gasteiger partial charge < -0.3 is 15.2 Å². The number of hydrogen-bond acceptors (Lipinski definition) is 3. The molecular formula is C19H15N5O. The molecular weight excluding hydrogens is 314 g/mol. The normalized spacial score (nSPS) is 14.3. The van der Waals surface area contributed by atoms with Crippen LogP contribution < -0.4 is 10.6 Å². The minimum absolute atomic E-state index is 0.0282. The number of carbonyl (C=O) groups excluding carboxylic acids is 1. The molecule has 122 valence electrons. The van der Waals surface area contributed by atoms with Crippen LogP contribution in [0.4, 0.5) is 10.5 Å². The van der Waals surface area contributed by atoms with Crippen LogP contribution in [0.3, 0.4) is 0 Å². The number of nitrogens with zero attached hydrogens (tertiary/aromatic N) is 3. The molecule has 6 nitrogen and oxygen atoms in total. The van der Waals surface area contributed by atoms with Crippen LogP contribution in [0.1, 0.15) is 17.2 Å². The smallest absolute Gasteiger partial charge is 0.319 e. The first-order valence-electron chi connectivity index (χ1n) is 7.92. The van der Waals surface area contributed by atoms with Crippen LogP contribution >= 0.6 is 0 Å². The van der Waals surface area contributed by atoms with E-state index in [0.717, 1.165) is 11.3 Å². The Hall–Kier alpha value is -3.59. The van der Waals surface area contributed by atoms with Crippen molar-refractivity contribution in [1.29, 1.82) is 5.26 Å². The predicted octanol–water partition coefficient (Wildman–Crippen LogP) is 3.15. The van der Waals surface area contributed by atoms with Gasteiger partial charge in [-0.2, -0.15) is 5.26 Å². The highest BCUT2D eigenvalue weighted by Crippen LogP contribution is 2.38. The van der Waals surface area contributed by atoms with Gasteiger partial charge in [0.1, 0.15) is 0 Å². The average Bonchev–Trinajstić information content (AvgIpc) is 3.22. The Morgan fingerprint density at radius 3 is 2.80 bits per heavy atom. The highest BCUT2D eigenvalue weighted by atomic mass is 16.2. The van der Waals surface area contributed by atoms with E-state index in [1.165, 1.54) is 5.56 Å². The number of hydrogen-bond donors (Lipinski definition) is 2. The molecule has 0 aliphatic carbocycles. The molecule has 1 aliphatic heterocycles. The van der Waals surface area contributed by atoms with E-state index in [1.807, 2.05) is 24.4 Å². The molecule has 2 aromatic carbocycles. The van der Waals surface area contributed by atoms with Gasteiger partial charge in [-0.25, -0.2) is 9.78 Å². The number of aromatic nitrogens is 2. The predicted molar refractivity (Wildman–Crippen MR) is 94.0 cm³/mol. The Morgan fingerprint density at radius 2 is 2.00 bits per heavy atom. The van der Waals surface area contributed by atoms with Crippen LogP contribution in [0.25, 0.3) is 11.3 Å². The van der Waals surface area contributed by atoms with Gasteiger partial charge in [0.2, 0.25) is 0 Å². The largest absolute Gasteiger partial charge is 0.335 e. The number of fused-ring (bicyclic) bond motifs is 3. The highest BCUT2D eigenvalue weighted by molar-refractivity contribution is 5.89. The van der Waals surface area contributed by atoms with Crippen LogP contribution in [0.2, 0.25) is 0 Å². The van der Waals surface area contributed by atoms with Gasteiger partial charge in [-0.15, -0.1) is 0 Å². The van der Waals surface area contributed by atoms with Gasteiger partial charge in [-0.1, -0.05) is 24.3 Å². The van der Waals surface area contributed by atoms with Gasteiger partial charge in [0, 0.05) is 17.8 Å². The molecule has 2 N–H and O–H groups in total. The Balaban J connectivity index is 1.45. The molecule has 0 radical (unpaired) electrons. The van der Waals surface area contributed by atoms with Gasteiger partial charge in [0.25, 0.3) is 0 Å². The molecule has 3 aromatic rings. The standard InChI is InChI=1S/C19H15N5O/c20-9-13-5-7-14(8-6-13)23-19(25)22-11-18-16-4-2-1-3-15(16)17-10-21-12-24(17)18/h1-8,10,12,18H,11H2,(H2,22,23,25)/t18-/m1/s1. The Kier molecular flexibility index (Phi) is 3.67. The Bertz CT molecular complexity index is 968. The number of rotatable bonds is 3. The summed E-state index contributed by atoms with van der Waals surface area (Å²) in [6, 6.07) is 16.7. The number of imidazole rings is 1. The van der Waals surface area contributed by atoms with E-state index < -0.39 is 0 Å². The maximum Gasteiger partial charge on any atom is 0.319 e. The SMILES string of the molecule is N#Cc1ccc(NC(=O)NC[C@@H]2c3ccccc3-c3cncn32)cc1. The van der Waals surface area contributed by atoms with Gasteiger partial charge in [-0.05, 0) is 29.8 Å². The van der Waals surface area contributed by atoms with E-state index in [0.29, 0.717) is 17.8 Å². The van der Waals surface area contributed by atoms with Gasteiger partial charge in [0.15, 0.2) is 0 Å². The molecule has 1 aliphatic rings. The zero-order chi connectivity index (χ0) is 17.2. The summed E-state index contributed by atoms with van der Waals surface area (Å²) in [5.74, 6) is 0. The Labute approximate surface area is 144 Å². The number of amides is 2. The topological polar surface area (TPSA) is 82.7 Å². The number of benzene rings is 2. The fourth-order valence-electron chi connectivity index (χ4n) is 3.13. The summed E-state index contributed by atoms with van der Waals surface area (Å²) in [4.78, 5) is 16.4. The molecule has 0 saturated heterocycles. The molecule has 6 heteroatoms. The van der Waals surface area contributed by atoms with Crippen LogP contribution in [0.5, 0.6) is 0 Å². The van der Waals surface area contributed by atoms with E-state index in [2.05, 4.69) is 32.3 Å². The first-order valence-corrected chi connectivity index (χ1v) is 7.92. The fourth-order valence-corrected chi connectivity index (χ4v) is 3.13. The lowest BCUT2D eigenvalue weighted by molar-refractivity contribution is 0.251. The number of carbonyl (C=O) groups is 1. The number of anilines is 1. The summed E-state index contributed by atoms with van der Waals surface area (Å²) in [5.41, 5.74) is 4.60. The van der Waals surface area contributed by atoms with Crippen molar-refractivity contribution in [3.05, 3.63) is 72.2 Å². The third-order valence-corrected chi connectivity index (χ3v) is 4.33. The minimum atomic E-state index is -0.282. The summed E-state index contributed by atoms with van der Waals surface area (Å²) in [5, 5.41) is 14.5. The van der Waals surface area contributed by atoms with Crippen molar-refractivity contribution in [2.75, 3.05) is 11.9 Å². The second-order valence-electron chi connectivity index (χ2n) is 5.81. The van der Waals surface area contributed by atoms with Gasteiger partial charge in [-0.3, -0.25) is 0 Å². The van der Waals surface area contributed by atoms with Gasteiger partial charge >= 0.3 is 6.03 Å². The molecule has 2 heterocycles. The zero-order valence-electron chi connectivity index (χ0n) is 13.3. The van der Waals surface area contributed by atoms with Crippen molar-refractivity contribution >= 4 is 11.7 Å². The monoisotopic (exact) mass is 329 g/mol. The molecule has 2 amide bonds. The van der Waals surface area contributed by atoms with Crippen molar-refractivity contribution in [2.45, 2.75) is 6.04 Å². The highest BCUT2D eigenvalue weighted by Gasteiger charge is 2.28. The molecule has 25 heavy (non-hydrogen) atoms. The first kappa shape index (κ1) is 15.0. The van der Waals surface area contributed by atoms with Crippen molar-refractivity contribution < 1.29 is 4.79 Å². The molecule has 0 saturated carbocycles. The molecule has 0 bridgehead atoms. The van der Waals surface area contributed by atoms with Crippen molar-refractivity contribution in [1.82, 2.24) is 14.9 Å². The summed E-state index contributed by atoms with van der Waals surface area (Å²) < 4.78 is 2.08. The maximum atomic E-state index is 12.2. The van der Waals surface area contributed by atoms with Crippen molar-refractivity contribution in [2.24, 2.45) is 0 Å². The van der Waals surface area contributed by atoms with Gasteiger partial charge in [0.05, 0.1) is 35.9 Å². The molecule has 0 unspecified atom stereocenters. The number of nitriles is 1. The minimum Gasteiger partial charge on any atom is -0.335 e. The summed E-state index contributed by atoms with van der Waals surface area (Å²) in [6.45, 7) is 0.461. The Morgan fingerprint density at radius 1 is 1.20 bits per heavy atom. The van der Waals surface area contributed by atoms with E-state index in [1.54, 1.807) is 30.6 Å². The second kappa shape index (κ2) is 6.13. The quantitative estimate of drug-likeness (QED) is 0.774. The van der Waals surface area contributed by atoms with E-state index in [4.69, 9.17) is 5.26 Å². The van der Waals surface area contributed by atoms with Crippen LogP contribution in [0, 0.1) is 11.3 Å². The zero-order valence-corrected chi connectivity index (χ0v) is 13.3. The third kappa shape index (κ3) is 2.72. The number of urea groups is 1. The molecule has 4 rings (SSSR count). The lowest BCUT2D eigenvalue weighted by atomic mass is 10.0. The van der Waals surface area contributed by atoms with Crippen LogP contribution in [0.15, 0.2) is 61.1 Å². The summed E-state index contributed by atoms with van der Waals surface area (Å²) in [7, 11) is 0. The van der Waals surface area contributed by atoms with E-state index in [-0.39, 0.29) is 12.1 Å². The second-order valence-corrected chi connectivity index (χ2v) is 5.81. The van der Waals surface area contributed by atoms with E-state index >= 15 is 0 Å². The lowest BCUT2D eigenvalue weighted by Crippen LogP contribution is -2.33. The van der Waals surface area contributed by atoms with Crippen LogP contribution in [-0.4, -0.2) is 22.1 Å². The van der Waals surface area contributed by atoms with E-state index in [9.17, 15) is 4.79 Å². The number of nitrogens with one attached hydrogen (secondary N) is 2. The lowest BCUT2D eigenvalue weighted by Gasteiger charge is -2.16. The average molecular weight is 329 g/mol. The molecule has 1 atom stereocenters. The van der Waals surface area contributed by atoms with Crippen molar-refractivity contribution in [3.8, 4) is 17.3 Å². The molecule has 0 spiro atoms.